The summed E-state index contributed by atoms with van der Waals surface area (Å²) in [5.74, 6) is -2.79. The summed E-state index contributed by atoms with van der Waals surface area (Å²) in [7, 11) is 0. The van der Waals surface area contributed by atoms with Crippen LogP contribution in [0.25, 0.3) is 0 Å². The van der Waals surface area contributed by atoms with Crippen molar-refractivity contribution in [3.8, 4) is 0 Å². The minimum Gasteiger partial charge on any atom is -0.382 e. The highest BCUT2D eigenvalue weighted by Gasteiger charge is 2.43. The summed E-state index contributed by atoms with van der Waals surface area (Å²) in [4.78, 5) is 30.1. The van der Waals surface area contributed by atoms with Crippen LogP contribution in [0.3, 0.4) is 0 Å². The van der Waals surface area contributed by atoms with Gasteiger partial charge in [-0.15, -0.1) is 0 Å². The summed E-state index contributed by atoms with van der Waals surface area (Å²) < 4.78 is 61.9. The molecule has 0 aliphatic carbocycles. The Labute approximate surface area is 270 Å². The molecular weight excluding hydrogens is 610 g/mol. The van der Waals surface area contributed by atoms with Crippen LogP contribution in [0.4, 0.5) is 34.6 Å². The molecule has 2 N–H and O–H groups in total. The molecule has 47 heavy (non-hydrogen) atoms. The molecule has 0 bridgehead atoms. The van der Waals surface area contributed by atoms with Gasteiger partial charge in [-0.1, -0.05) is 48.5 Å². The second kappa shape index (κ2) is 13.2. The van der Waals surface area contributed by atoms with Crippen molar-refractivity contribution in [2.75, 3.05) is 28.7 Å². The average Bonchev–Trinajstić information content (AvgIpc) is 3.05. The molecule has 2 aliphatic heterocycles. The Morgan fingerprint density at radius 1 is 0.851 bits per heavy atom. The number of carbonyl (C=O) groups excluding carboxylic acids is 2. The molecule has 2 amide bonds. The first-order valence-corrected chi connectivity index (χ1v) is 15.6. The van der Waals surface area contributed by atoms with E-state index in [1.165, 1.54) is 36.1 Å². The number of rotatable bonds is 6. The number of halogens is 4. The number of alkyl halides is 3. The van der Waals surface area contributed by atoms with E-state index in [1.54, 1.807) is 37.3 Å². The maximum absolute atomic E-state index is 15.3. The SMILES string of the molecule is Cc1ccc(NC(=O)[C@@H]2Cc3ccccc3N(C(=O)c3c(C)cccc3F)[C@@H]2c2ccc(NC3CCOCC3)cc2)cc1C(F)(F)F. The van der Waals surface area contributed by atoms with E-state index in [0.29, 0.717) is 35.6 Å². The van der Waals surface area contributed by atoms with Crippen LogP contribution in [0.1, 0.15) is 57.1 Å². The predicted octanol–water partition coefficient (Wildman–Crippen LogP) is 8.25. The number of nitrogens with zero attached hydrogens (tertiary/aromatic N) is 1. The van der Waals surface area contributed by atoms with E-state index >= 15 is 4.39 Å². The van der Waals surface area contributed by atoms with E-state index in [4.69, 9.17) is 4.74 Å². The van der Waals surface area contributed by atoms with Gasteiger partial charge in [-0.25, -0.2) is 4.39 Å². The third-order valence-corrected chi connectivity index (χ3v) is 9.00. The van der Waals surface area contributed by atoms with Crippen molar-refractivity contribution in [1.82, 2.24) is 0 Å². The lowest BCUT2D eigenvalue weighted by atomic mass is 9.80. The molecule has 4 aromatic carbocycles. The van der Waals surface area contributed by atoms with Gasteiger partial charge in [0.1, 0.15) is 5.82 Å². The van der Waals surface area contributed by atoms with Gasteiger partial charge in [-0.3, -0.25) is 14.5 Å². The first-order valence-electron chi connectivity index (χ1n) is 15.6. The Hall–Kier alpha value is -4.70. The van der Waals surface area contributed by atoms with E-state index in [1.807, 2.05) is 24.3 Å². The minimum absolute atomic E-state index is 0.00984. The summed E-state index contributed by atoms with van der Waals surface area (Å²) in [5, 5.41) is 6.20. The van der Waals surface area contributed by atoms with Crippen LogP contribution in [-0.4, -0.2) is 31.1 Å². The van der Waals surface area contributed by atoms with E-state index in [9.17, 15) is 22.8 Å². The summed E-state index contributed by atoms with van der Waals surface area (Å²) in [6.45, 7) is 4.35. The molecule has 4 aromatic rings. The van der Waals surface area contributed by atoms with Gasteiger partial charge >= 0.3 is 6.18 Å². The molecule has 0 aromatic heterocycles. The van der Waals surface area contributed by atoms with Crippen LogP contribution < -0.4 is 15.5 Å². The Kier molecular flexibility index (Phi) is 9.05. The Morgan fingerprint density at radius 2 is 1.55 bits per heavy atom. The van der Waals surface area contributed by atoms with Crippen molar-refractivity contribution in [2.24, 2.45) is 5.92 Å². The molecule has 1 saturated heterocycles. The number of nitrogens with one attached hydrogen (secondary N) is 2. The largest absolute Gasteiger partial charge is 0.416 e. The van der Waals surface area contributed by atoms with Crippen LogP contribution in [0.2, 0.25) is 0 Å². The van der Waals surface area contributed by atoms with Gasteiger partial charge in [0.2, 0.25) is 5.91 Å². The minimum atomic E-state index is -4.60. The van der Waals surface area contributed by atoms with Gasteiger partial charge < -0.3 is 15.4 Å². The number of amides is 2. The topological polar surface area (TPSA) is 70.7 Å². The molecule has 1 fully saturated rings. The lowest BCUT2D eigenvalue weighted by Gasteiger charge is -2.42. The quantitative estimate of drug-likeness (QED) is 0.207. The third-order valence-electron chi connectivity index (χ3n) is 9.00. The van der Waals surface area contributed by atoms with Gasteiger partial charge in [-0.2, -0.15) is 13.2 Å². The van der Waals surface area contributed by atoms with E-state index < -0.39 is 41.3 Å². The highest BCUT2D eigenvalue weighted by atomic mass is 19.4. The molecule has 0 saturated carbocycles. The first kappa shape index (κ1) is 32.2. The fourth-order valence-corrected chi connectivity index (χ4v) is 6.57. The maximum atomic E-state index is 15.3. The zero-order valence-electron chi connectivity index (χ0n) is 26.0. The summed E-state index contributed by atoms with van der Waals surface area (Å²) in [6, 6.07) is 22.0. The molecule has 2 aliphatic rings. The van der Waals surface area contributed by atoms with E-state index in [0.717, 1.165) is 24.6 Å². The molecule has 0 radical (unpaired) electrons. The van der Waals surface area contributed by atoms with Crippen molar-refractivity contribution in [2.45, 2.75) is 51.4 Å². The van der Waals surface area contributed by atoms with Crippen molar-refractivity contribution in [1.29, 1.82) is 0 Å². The smallest absolute Gasteiger partial charge is 0.382 e. The molecule has 244 valence electrons. The zero-order chi connectivity index (χ0) is 33.3. The van der Waals surface area contributed by atoms with E-state index in [2.05, 4.69) is 10.6 Å². The number of fused-ring (bicyclic) bond motifs is 1. The molecule has 2 heterocycles. The van der Waals surface area contributed by atoms with Crippen molar-refractivity contribution in [3.63, 3.8) is 0 Å². The number of ether oxygens (including phenoxy) is 1. The molecule has 0 spiro atoms. The second-order valence-corrected chi connectivity index (χ2v) is 12.2. The monoisotopic (exact) mass is 645 g/mol. The van der Waals surface area contributed by atoms with Gasteiger partial charge in [0.25, 0.3) is 5.91 Å². The molecular formula is C37H35F4N3O3. The van der Waals surface area contributed by atoms with Crippen molar-refractivity contribution in [3.05, 3.63) is 124 Å². The van der Waals surface area contributed by atoms with Crippen LogP contribution in [0, 0.1) is 25.6 Å². The van der Waals surface area contributed by atoms with Crippen molar-refractivity contribution < 1.29 is 31.9 Å². The maximum Gasteiger partial charge on any atom is 0.416 e. The fourth-order valence-electron chi connectivity index (χ4n) is 6.57. The number of benzene rings is 4. The van der Waals surface area contributed by atoms with Crippen LogP contribution >= 0.6 is 0 Å². The highest BCUT2D eigenvalue weighted by molar-refractivity contribution is 6.09. The van der Waals surface area contributed by atoms with Gasteiger partial charge in [-0.05, 0) is 91.8 Å². The van der Waals surface area contributed by atoms with E-state index in [-0.39, 0.29) is 29.3 Å². The summed E-state index contributed by atoms with van der Waals surface area (Å²) >= 11 is 0. The normalized spacial score (nSPS) is 18.4. The van der Waals surface area contributed by atoms with Gasteiger partial charge in [0.15, 0.2) is 0 Å². The predicted molar refractivity (Wildman–Crippen MR) is 173 cm³/mol. The number of hydrogen-bond donors (Lipinski definition) is 2. The molecule has 10 heteroatoms. The number of anilines is 3. The van der Waals surface area contributed by atoms with Gasteiger partial charge in [0, 0.05) is 36.3 Å². The number of para-hydroxylation sites is 1. The zero-order valence-corrected chi connectivity index (χ0v) is 26.0. The lowest BCUT2D eigenvalue weighted by Crippen LogP contribution is -2.47. The number of aryl methyl sites for hydroxylation is 2. The fraction of sp³-hybridized carbons (Fsp3) is 0.297. The highest BCUT2D eigenvalue weighted by Crippen LogP contribution is 2.44. The molecule has 6 nitrogen and oxygen atoms in total. The number of hydrogen-bond acceptors (Lipinski definition) is 4. The average molecular weight is 646 g/mol. The van der Waals surface area contributed by atoms with Crippen molar-refractivity contribution >= 4 is 28.9 Å². The Morgan fingerprint density at radius 3 is 2.26 bits per heavy atom. The first-order chi connectivity index (χ1) is 22.5. The standard InChI is InChI=1S/C37H35F4N3O3/c1-22-10-13-28(21-30(22)37(39,40)41)43-35(45)29-20-25-7-3-4-9-32(25)44(36(46)33-23(2)6-5-8-31(33)38)34(29)24-11-14-26(15-12-24)42-27-16-18-47-19-17-27/h3-15,21,27,29,34,42H,16-20H2,1-2H3,(H,43,45)/t29-,34-/m1/s1. The summed E-state index contributed by atoms with van der Waals surface area (Å²) in [6.07, 6.45) is -2.67. The van der Waals surface area contributed by atoms with Gasteiger partial charge in [0.05, 0.1) is 23.1 Å². The van der Waals surface area contributed by atoms with Crippen LogP contribution in [-0.2, 0) is 22.1 Å². The Balaban J connectivity index is 1.43. The number of carbonyl (C=O) groups is 2. The third kappa shape index (κ3) is 6.74. The van der Waals surface area contributed by atoms with Crippen LogP contribution in [0.15, 0.2) is 84.9 Å². The molecule has 6 rings (SSSR count). The van der Waals surface area contributed by atoms with Crippen LogP contribution in [0.5, 0.6) is 0 Å². The molecule has 0 unspecified atom stereocenters. The summed E-state index contributed by atoms with van der Waals surface area (Å²) in [5.41, 5.74) is 2.21. The Bertz CT molecular complexity index is 1760. The lowest BCUT2D eigenvalue weighted by molar-refractivity contribution is -0.138. The second-order valence-electron chi connectivity index (χ2n) is 12.2. The molecule has 2 atom stereocenters.